The fraction of sp³-hybridized carbons (Fsp3) is 0.435. The van der Waals surface area contributed by atoms with Crippen LogP contribution in [0.25, 0.3) is 6.08 Å². The number of benzene rings is 1. The normalized spacial score (nSPS) is 20.3. The van der Waals surface area contributed by atoms with Gasteiger partial charge in [-0.15, -0.1) is 0 Å². The molecule has 1 amide bonds. The van der Waals surface area contributed by atoms with Crippen molar-refractivity contribution in [3.05, 3.63) is 53.7 Å². The molecule has 3 rings (SSSR count). The first kappa shape index (κ1) is 23.3. The lowest BCUT2D eigenvalue weighted by Crippen LogP contribution is -2.40. The summed E-state index contributed by atoms with van der Waals surface area (Å²) >= 11 is 0. The first-order chi connectivity index (χ1) is 14.3. The minimum absolute atomic E-state index is 0.113. The van der Waals surface area contributed by atoms with Crippen molar-refractivity contribution in [3.63, 3.8) is 0 Å². The highest BCUT2D eigenvalue weighted by Gasteiger charge is 2.35. The van der Waals surface area contributed by atoms with Gasteiger partial charge in [-0.1, -0.05) is 43.7 Å². The van der Waals surface area contributed by atoms with Crippen LogP contribution in [0.4, 0.5) is 0 Å². The fourth-order valence-electron chi connectivity index (χ4n) is 3.75. The first-order valence-corrected chi connectivity index (χ1v) is 10.3. The van der Waals surface area contributed by atoms with Crippen LogP contribution in [-0.2, 0) is 14.4 Å². The van der Waals surface area contributed by atoms with E-state index in [4.69, 9.17) is 19.8 Å². The largest absolute Gasteiger partial charge is 0.473 e. The van der Waals surface area contributed by atoms with Crippen LogP contribution < -0.4 is 0 Å². The number of hydrogen-bond donors (Lipinski definition) is 2. The molecule has 0 aliphatic carbocycles. The lowest BCUT2D eigenvalue weighted by Gasteiger charge is -2.35. The van der Waals surface area contributed by atoms with Crippen LogP contribution in [0, 0.1) is 0 Å². The molecule has 1 fully saturated rings. The van der Waals surface area contributed by atoms with Crippen LogP contribution in [0.3, 0.4) is 0 Å². The van der Waals surface area contributed by atoms with Gasteiger partial charge < -0.3 is 15.1 Å². The van der Waals surface area contributed by atoms with Crippen LogP contribution in [0.1, 0.15) is 44.6 Å². The van der Waals surface area contributed by atoms with Gasteiger partial charge in [0.15, 0.2) is 0 Å². The van der Waals surface area contributed by atoms with E-state index in [1.54, 1.807) is 6.08 Å². The first-order valence-electron chi connectivity index (χ1n) is 10.3. The van der Waals surface area contributed by atoms with E-state index >= 15 is 0 Å². The van der Waals surface area contributed by atoms with Crippen LogP contribution in [0.15, 0.2) is 48.2 Å². The number of nitrogens with zero attached hydrogens (tertiary/aromatic N) is 2. The van der Waals surface area contributed by atoms with E-state index in [2.05, 4.69) is 24.9 Å². The average molecular weight is 415 g/mol. The molecular weight excluding hydrogens is 384 g/mol. The zero-order valence-corrected chi connectivity index (χ0v) is 17.5. The van der Waals surface area contributed by atoms with Gasteiger partial charge in [0.2, 0.25) is 0 Å². The Balaban J connectivity index is 0.000000469. The molecule has 162 valence electrons. The Morgan fingerprint density at radius 2 is 1.80 bits per heavy atom. The molecule has 0 saturated carbocycles. The van der Waals surface area contributed by atoms with E-state index in [-0.39, 0.29) is 5.91 Å². The van der Waals surface area contributed by atoms with Crippen molar-refractivity contribution in [1.29, 1.82) is 0 Å². The fourth-order valence-corrected chi connectivity index (χ4v) is 3.75. The number of carbonyl (C=O) groups is 3. The van der Waals surface area contributed by atoms with E-state index in [0.29, 0.717) is 12.1 Å². The molecule has 2 atom stereocenters. The van der Waals surface area contributed by atoms with E-state index in [9.17, 15) is 4.79 Å². The van der Waals surface area contributed by atoms with Crippen molar-refractivity contribution in [2.24, 2.45) is 0 Å². The molecule has 30 heavy (non-hydrogen) atoms. The average Bonchev–Trinajstić information content (AvgIpc) is 2.93. The van der Waals surface area contributed by atoms with Crippen LogP contribution >= 0.6 is 0 Å². The van der Waals surface area contributed by atoms with Crippen molar-refractivity contribution >= 4 is 23.9 Å². The van der Waals surface area contributed by atoms with E-state index < -0.39 is 11.9 Å². The van der Waals surface area contributed by atoms with Gasteiger partial charge in [-0.25, -0.2) is 9.59 Å². The predicted molar refractivity (Wildman–Crippen MR) is 115 cm³/mol. The second-order valence-corrected chi connectivity index (χ2v) is 7.52. The minimum atomic E-state index is -1.82. The number of carbonyl (C=O) groups excluding carboxylic acids is 1. The Kier molecular flexibility index (Phi) is 8.80. The van der Waals surface area contributed by atoms with E-state index in [0.717, 1.165) is 31.4 Å². The third-order valence-corrected chi connectivity index (χ3v) is 5.47. The Bertz CT molecular complexity index is 791. The highest BCUT2D eigenvalue weighted by atomic mass is 16.4. The summed E-state index contributed by atoms with van der Waals surface area (Å²) in [5.41, 5.74) is 2.30. The van der Waals surface area contributed by atoms with Gasteiger partial charge >= 0.3 is 11.9 Å². The maximum atomic E-state index is 12.8. The molecule has 2 aliphatic rings. The summed E-state index contributed by atoms with van der Waals surface area (Å²) in [6.07, 6.45) is 11.6. The second-order valence-electron chi connectivity index (χ2n) is 7.52. The smallest absolute Gasteiger partial charge is 0.414 e. The molecule has 2 bridgehead atoms. The molecule has 1 saturated heterocycles. The van der Waals surface area contributed by atoms with E-state index in [1.807, 2.05) is 41.3 Å². The standard InChI is InChI=1S/C21H28N2O.C2H2O4/c1-3-4-14-23(20-15-18-11-12-19(16-20)22(18)2)21(24)13-10-17-8-6-5-7-9-17;3-1(4)2(5)6/h5-10,13,15,18-19H,3-4,11-12,14,16H2,1-2H3;(H,3,4)(H,5,6)/b13-10+;. The number of unbranched alkanes of at least 4 members (excludes halogenated alkanes) is 1. The Labute approximate surface area is 177 Å². The number of carboxylic acids is 2. The molecular formula is C23H30N2O5. The number of aliphatic carboxylic acids is 2. The predicted octanol–water partition coefficient (Wildman–Crippen LogP) is 3.23. The lowest BCUT2D eigenvalue weighted by atomic mass is 10.1. The molecule has 2 N–H and O–H groups in total. The zero-order valence-electron chi connectivity index (χ0n) is 17.5. The second kappa shape index (κ2) is 11.3. The third-order valence-electron chi connectivity index (χ3n) is 5.47. The van der Waals surface area contributed by atoms with Gasteiger partial charge in [-0.2, -0.15) is 0 Å². The monoisotopic (exact) mass is 414 g/mol. The topological polar surface area (TPSA) is 98.2 Å². The molecule has 1 aromatic rings. The molecule has 7 heteroatoms. The summed E-state index contributed by atoms with van der Waals surface area (Å²) in [7, 11) is 2.21. The maximum Gasteiger partial charge on any atom is 0.414 e. The highest BCUT2D eigenvalue weighted by Crippen LogP contribution is 2.34. The van der Waals surface area contributed by atoms with Gasteiger partial charge in [-0.3, -0.25) is 9.69 Å². The van der Waals surface area contributed by atoms with Gasteiger partial charge in [-0.05, 0) is 44.0 Å². The number of likely N-dealkylation sites (N-methyl/N-ethyl adjacent to an activating group) is 1. The third kappa shape index (κ3) is 6.56. The van der Waals surface area contributed by atoms with Gasteiger partial charge in [0, 0.05) is 36.8 Å². The van der Waals surface area contributed by atoms with Gasteiger partial charge in [0.25, 0.3) is 5.91 Å². The summed E-state index contributed by atoms with van der Waals surface area (Å²) in [6.45, 7) is 3.00. The highest BCUT2D eigenvalue weighted by molar-refractivity contribution is 6.27. The Hall–Kier alpha value is -2.93. The molecule has 7 nitrogen and oxygen atoms in total. The lowest BCUT2D eigenvalue weighted by molar-refractivity contribution is -0.159. The molecule has 0 aromatic heterocycles. The number of amides is 1. The number of fused-ring (bicyclic) bond motifs is 2. The summed E-state index contributed by atoms with van der Waals surface area (Å²) in [5, 5.41) is 14.8. The van der Waals surface area contributed by atoms with Crippen molar-refractivity contribution in [3.8, 4) is 0 Å². The van der Waals surface area contributed by atoms with Crippen molar-refractivity contribution < 1.29 is 24.6 Å². The van der Waals surface area contributed by atoms with Crippen molar-refractivity contribution in [2.45, 2.75) is 51.1 Å². The Morgan fingerprint density at radius 3 is 2.37 bits per heavy atom. The molecule has 1 aromatic carbocycles. The molecule has 0 spiro atoms. The maximum absolute atomic E-state index is 12.8. The quantitative estimate of drug-likeness (QED) is 0.548. The summed E-state index contributed by atoms with van der Waals surface area (Å²) in [4.78, 5) is 35.5. The molecule has 2 aliphatic heterocycles. The Morgan fingerprint density at radius 1 is 1.13 bits per heavy atom. The molecule has 2 heterocycles. The zero-order chi connectivity index (χ0) is 22.1. The van der Waals surface area contributed by atoms with Gasteiger partial charge in [0.05, 0.1) is 0 Å². The van der Waals surface area contributed by atoms with Crippen molar-refractivity contribution in [1.82, 2.24) is 9.80 Å². The molecule has 0 radical (unpaired) electrons. The molecule has 2 unspecified atom stereocenters. The van der Waals surface area contributed by atoms with Crippen molar-refractivity contribution in [2.75, 3.05) is 13.6 Å². The van der Waals surface area contributed by atoms with Crippen LogP contribution in [0.2, 0.25) is 0 Å². The summed E-state index contributed by atoms with van der Waals surface area (Å²) in [5.74, 6) is -3.53. The van der Waals surface area contributed by atoms with E-state index in [1.165, 1.54) is 18.5 Å². The van der Waals surface area contributed by atoms with Crippen LogP contribution in [-0.4, -0.2) is 63.5 Å². The number of hydrogen-bond acceptors (Lipinski definition) is 4. The number of rotatable bonds is 6. The van der Waals surface area contributed by atoms with Crippen LogP contribution in [0.5, 0.6) is 0 Å². The summed E-state index contributed by atoms with van der Waals surface area (Å²) < 4.78 is 0. The van der Waals surface area contributed by atoms with Gasteiger partial charge in [0.1, 0.15) is 0 Å². The minimum Gasteiger partial charge on any atom is -0.473 e. The number of carboxylic acid groups (broad SMARTS) is 2. The summed E-state index contributed by atoms with van der Waals surface area (Å²) in [6, 6.07) is 11.1. The SMILES string of the molecule is CCCCN(C(=O)/C=C/c1ccccc1)C1=CC2CCC(C1)N2C.O=C(O)C(=O)O.